The molecule has 0 unspecified atom stereocenters. The molecule has 1 aliphatic rings. The van der Waals surface area contributed by atoms with E-state index in [1.807, 2.05) is 46.6 Å². The first-order chi connectivity index (χ1) is 32.1. The highest BCUT2D eigenvalue weighted by Crippen LogP contribution is 2.33. The zero-order valence-corrected chi connectivity index (χ0v) is 43.4. The third-order valence-corrected chi connectivity index (χ3v) is 15.3. The van der Waals surface area contributed by atoms with Crippen LogP contribution in [-0.2, 0) is 40.4 Å². The summed E-state index contributed by atoms with van der Waals surface area (Å²) in [4.78, 5) is 77.9. The quantitative estimate of drug-likeness (QED) is 0.0552. The number of likely N-dealkylation sites (tertiary alicyclic amines) is 1. The van der Waals surface area contributed by atoms with Crippen molar-refractivity contribution < 1.29 is 41.5 Å². The number of halogens is 1. The fourth-order valence-electron chi connectivity index (χ4n) is 8.67. The standard InChI is InChI=1S/C51H75FN6O8S2/c1-11-13-14-16-28-58(49(62)45(35(6)12-2)55-47(61)42-18-15-17-27-57(42)10)43(33(3)4)30-44(66-36(7)59)48-54-41(32-67-48)46(60)53-39(29-37-21-23-38(52)24-22-37)31-51(8,9)50(63)56-68(64,65)40-25-19-34(5)20-26-40/h19-26,32-33,35,39,42-45H,11-18,27-31H2,1-10H3,(H,53,60)(H,55,61)(H,56,63)/t35-,39-,42+,43+,44+,45-/m0/s1. The second-order valence-electron chi connectivity index (χ2n) is 19.5. The molecule has 14 nitrogen and oxygen atoms in total. The lowest BCUT2D eigenvalue weighted by Gasteiger charge is -2.40. The van der Waals surface area contributed by atoms with Crippen LogP contribution in [0.15, 0.2) is 58.8 Å². The van der Waals surface area contributed by atoms with Gasteiger partial charge in [0.05, 0.1) is 10.9 Å². The summed E-state index contributed by atoms with van der Waals surface area (Å²) in [5.41, 5.74) is 0.222. The maximum Gasteiger partial charge on any atom is 0.303 e. The average molecular weight is 983 g/mol. The minimum absolute atomic E-state index is 0.00786. The number of benzene rings is 2. The molecule has 68 heavy (non-hydrogen) atoms. The van der Waals surface area contributed by atoms with Crippen molar-refractivity contribution in [3.05, 3.63) is 81.6 Å². The van der Waals surface area contributed by atoms with Crippen molar-refractivity contribution in [3.8, 4) is 0 Å². The number of unbranched alkanes of at least 4 members (excludes halogenated alkanes) is 3. The summed E-state index contributed by atoms with van der Waals surface area (Å²) in [6.45, 7) is 17.7. The van der Waals surface area contributed by atoms with Crippen molar-refractivity contribution in [2.45, 2.75) is 168 Å². The summed E-state index contributed by atoms with van der Waals surface area (Å²) in [5.74, 6) is -2.97. The molecule has 6 atom stereocenters. The van der Waals surface area contributed by atoms with E-state index < -0.39 is 63.3 Å². The molecule has 4 rings (SSSR count). The van der Waals surface area contributed by atoms with Gasteiger partial charge in [0, 0.05) is 42.8 Å². The smallest absolute Gasteiger partial charge is 0.303 e. The van der Waals surface area contributed by atoms with Gasteiger partial charge in [-0.1, -0.05) is 110 Å². The normalized spacial score (nSPS) is 16.8. The predicted molar refractivity (Wildman–Crippen MR) is 264 cm³/mol. The van der Waals surface area contributed by atoms with E-state index in [4.69, 9.17) is 4.74 Å². The molecule has 1 aromatic heterocycles. The molecule has 0 spiro atoms. The monoisotopic (exact) mass is 983 g/mol. The summed E-state index contributed by atoms with van der Waals surface area (Å²) >= 11 is 1.13. The highest BCUT2D eigenvalue weighted by atomic mass is 32.2. The Morgan fingerprint density at radius 2 is 1.65 bits per heavy atom. The molecule has 1 aliphatic heterocycles. The summed E-state index contributed by atoms with van der Waals surface area (Å²) < 4.78 is 48.5. The van der Waals surface area contributed by atoms with E-state index in [0.717, 1.165) is 68.4 Å². The second-order valence-corrected chi connectivity index (χ2v) is 22.1. The van der Waals surface area contributed by atoms with Crippen LogP contribution in [0.2, 0.25) is 0 Å². The van der Waals surface area contributed by atoms with Gasteiger partial charge < -0.3 is 20.3 Å². The lowest BCUT2D eigenvalue weighted by Crippen LogP contribution is -2.59. The Balaban J connectivity index is 1.62. The van der Waals surface area contributed by atoms with Crippen molar-refractivity contribution in [2.75, 3.05) is 20.1 Å². The van der Waals surface area contributed by atoms with Crippen LogP contribution >= 0.6 is 11.3 Å². The van der Waals surface area contributed by atoms with Gasteiger partial charge in [-0.3, -0.25) is 28.9 Å². The first-order valence-electron chi connectivity index (χ1n) is 24.2. The highest BCUT2D eigenvalue weighted by Gasteiger charge is 2.39. The number of nitrogens with one attached hydrogen (secondary N) is 3. The molecule has 2 heterocycles. The summed E-state index contributed by atoms with van der Waals surface area (Å²) in [5, 5.41) is 8.05. The van der Waals surface area contributed by atoms with Gasteiger partial charge in [-0.05, 0) is 94.3 Å². The number of ether oxygens (including phenoxy) is 1. The van der Waals surface area contributed by atoms with Gasteiger partial charge in [-0.25, -0.2) is 22.5 Å². The number of piperidine rings is 1. The Hall–Kier alpha value is -4.74. The molecule has 3 N–H and O–H groups in total. The molecular weight excluding hydrogens is 908 g/mol. The van der Waals surface area contributed by atoms with Gasteiger partial charge in [-0.15, -0.1) is 11.3 Å². The molecular formula is C51H75FN6O8S2. The van der Waals surface area contributed by atoms with Gasteiger partial charge in [-0.2, -0.15) is 0 Å². The summed E-state index contributed by atoms with van der Waals surface area (Å²) in [6, 6.07) is 9.56. The van der Waals surface area contributed by atoms with E-state index in [0.29, 0.717) is 23.5 Å². The van der Waals surface area contributed by atoms with Crippen LogP contribution in [-0.4, -0.2) is 97.1 Å². The van der Waals surface area contributed by atoms with Crippen LogP contribution in [0.25, 0.3) is 0 Å². The van der Waals surface area contributed by atoms with Crippen LogP contribution in [0, 0.1) is 30.0 Å². The van der Waals surface area contributed by atoms with Crippen molar-refractivity contribution in [3.63, 3.8) is 0 Å². The number of carbonyl (C=O) groups is 5. The third-order valence-electron chi connectivity index (χ3n) is 13.0. The van der Waals surface area contributed by atoms with E-state index in [1.165, 1.54) is 31.2 Å². The zero-order chi connectivity index (χ0) is 50.3. The first kappa shape index (κ1) is 55.9. The summed E-state index contributed by atoms with van der Waals surface area (Å²) in [7, 11) is -2.26. The third kappa shape index (κ3) is 16.2. The highest BCUT2D eigenvalue weighted by molar-refractivity contribution is 7.90. The molecule has 0 bridgehead atoms. The van der Waals surface area contributed by atoms with Crippen molar-refractivity contribution in [1.29, 1.82) is 0 Å². The molecule has 0 radical (unpaired) electrons. The molecule has 1 fully saturated rings. The molecule has 1 saturated heterocycles. The second kappa shape index (κ2) is 25.7. The fourth-order valence-corrected chi connectivity index (χ4v) is 10.6. The molecule has 0 aliphatic carbocycles. The largest absolute Gasteiger partial charge is 0.455 e. The Labute approximate surface area is 408 Å². The molecule has 0 saturated carbocycles. The number of carbonyl (C=O) groups excluding carboxylic acids is 5. The lowest BCUT2D eigenvalue weighted by molar-refractivity contribution is -0.149. The van der Waals surface area contributed by atoms with Gasteiger partial charge in [0.1, 0.15) is 22.6 Å². The Morgan fingerprint density at radius 1 is 0.971 bits per heavy atom. The topological polar surface area (TPSA) is 184 Å². The average Bonchev–Trinajstić information content (AvgIpc) is 3.78. The number of rotatable bonds is 25. The number of esters is 1. The lowest BCUT2D eigenvalue weighted by atomic mass is 9.83. The number of hydrogen-bond acceptors (Lipinski definition) is 11. The van der Waals surface area contributed by atoms with Gasteiger partial charge in [0.15, 0.2) is 6.10 Å². The van der Waals surface area contributed by atoms with E-state index in [9.17, 15) is 36.8 Å². The van der Waals surface area contributed by atoms with Crippen molar-refractivity contribution >= 4 is 51.0 Å². The number of aromatic nitrogens is 1. The first-order valence-corrected chi connectivity index (χ1v) is 26.6. The number of thiazole rings is 1. The number of sulfonamides is 1. The van der Waals surface area contributed by atoms with Crippen LogP contribution < -0.4 is 15.4 Å². The molecule has 4 amide bonds. The molecule has 2 aromatic carbocycles. The molecule has 17 heteroatoms. The molecule has 376 valence electrons. The van der Waals surface area contributed by atoms with E-state index in [-0.39, 0.29) is 59.5 Å². The SMILES string of the molecule is CCCCCCN(C(=O)[C@@H](NC(=O)[C@H]1CCCCN1C)[C@@H](C)CC)[C@H](C[C@@H](OC(C)=O)c1nc(C(=O)N[C@@H](Cc2ccc(F)cc2)CC(C)(C)C(=O)NS(=O)(=O)c2ccc(C)cc2)cs1)C(C)C. The van der Waals surface area contributed by atoms with Gasteiger partial charge in [0.2, 0.25) is 17.7 Å². The Kier molecular flexibility index (Phi) is 21.1. The van der Waals surface area contributed by atoms with Crippen LogP contribution in [0.1, 0.15) is 152 Å². The number of hydrogen-bond donors (Lipinski definition) is 3. The minimum Gasteiger partial charge on any atom is -0.455 e. The minimum atomic E-state index is -4.20. The van der Waals surface area contributed by atoms with E-state index in [1.54, 1.807) is 43.5 Å². The number of amides is 4. The maximum absolute atomic E-state index is 15.0. The van der Waals surface area contributed by atoms with E-state index >= 15 is 0 Å². The number of aryl methyl sites for hydroxylation is 1. The molecule has 3 aromatic rings. The number of likely N-dealkylation sites (N-methyl/N-ethyl adjacent to an activating group) is 1. The fraction of sp³-hybridized carbons (Fsp3) is 0.608. The van der Waals surface area contributed by atoms with Crippen LogP contribution in [0.3, 0.4) is 0 Å². The Bertz CT molecular complexity index is 2250. The zero-order valence-electron chi connectivity index (χ0n) is 41.7. The van der Waals surface area contributed by atoms with Gasteiger partial charge in [0.25, 0.3) is 15.9 Å². The predicted octanol–water partition coefficient (Wildman–Crippen LogP) is 8.30. The van der Waals surface area contributed by atoms with Crippen molar-refractivity contribution in [1.82, 2.24) is 30.1 Å². The van der Waals surface area contributed by atoms with Gasteiger partial charge >= 0.3 is 5.97 Å². The van der Waals surface area contributed by atoms with Crippen LogP contribution in [0.5, 0.6) is 0 Å². The van der Waals surface area contributed by atoms with Crippen molar-refractivity contribution in [2.24, 2.45) is 17.3 Å². The summed E-state index contributed by atoms with van der Waals surface area (Å²) in [6.07, 6.45) is 6.43. The Morgan fingerprint density at radius 3 is 2.25 bits per heavy atom. The van der Waals surface area contributed by atoms with E-state index in [2.05, 4.69) is 32.2 Å². The van der Waals surface area contributed by atoms with Crippen LogP contribution in [0.4, 0.5) is 4.39 Å². The maximum atomic E-state index is 15.0. The number of nitrogens with zero attached hydrogens (tertiary/aromatic N) is 3.